The first kappa shape index (κ1) is 18.9. The molecule has 3 rings (SSSR count). The average Bonchev–Trinajstić information content (AvgIpc) is 2.68. The molecule has 1 amide bonds. The molecule has 1 aliphatic rings. The molecule has 0 radical (unpaired) electrons. The van der Waals surface area contributed by atoms with Crippen molar-refractivity contribution >= 4 is 17.5 Å². The van der Waals surface area contributed by atoms with E-state index in [-0.39, 0.29) is 5.91 Å². The van der Waals surface area contributed by atoms with Gasteiger partial charge in [-0.05, 0) is 32.2 Å². The zero-order valence-corrected chi connectivity index (χ0v) is 16.2. The van der Waals surface area contributed by atoms with Gasteiger partial charge in [0.2, 0.25) is 5.95 Å². The minimum atomic E-state index is -0.0710. The standard InChI is InChI=1S/C19H25N5O3/c1-13-11-16(18(25)24-9-7-23(2)8-10-24)22-19(20-13)21-15-6-5-14(26-3)12-17(15)27-4/h5-6,11-12H,7-10H2,1-4H3,(H,20,21,22). The number of carbonyl (C=O) groups is 1. The number of likely N-dealkylation sites (N-methyl/N-ethyl adjacent to an activating group) is 1. The van der Waals surface area contributed by atoms with Gasteiger partial charge in [0.25, 0.3) is 5.91 Å². The zero-order chi connectivity index (χ0) is 19.4. The van der Waals surface area contributed by atoms with Crippen LogP contribution in [0, 0.1) is 6.92 Å². The highest BCUT2D eigenvalue weighted by atomic mass is 16.5. The molecular formula is C19H25N5O3. The summed E-state index contributed by atoms with van der Waals surface area (Å²) in [5, 5.41) is 3.14. The van der Waals surface area contributed by atoms with E-state index in [0.29, 0.717) is 41.9 Å². The van der Waals surface area contributed by atoms with Gasteiger partial charge in [-0.3, -0.25) is 4.79 Å². The quantitative estimate of drug-likeness (QED) is 0.860. The molecule has 0 unspecified atom stereocenters. The van der Waals surface area contributed by atoms with Crippen LogP contribution in [-0.4, -0.2) is 73.1 Å². The van der Waals surface area contributed by atoms with Gasteiger partial charge in [-0.1, -0.05) is 0 Å². The fourth-order valence-corrected chi connectivity index (χ4v) is 2.93. The third-order valence-electron chi connectivity index (χ3n) is 4.52. The van der Waals surface area contributed by atoms with Crippen molar-refractivity contribution in [3.8, 4) is 11.5 Å². The Bertz CT molecular complexity index is 819. The molecule has 1 aromatic carbocycles. The molecule has 1 fully saturated rings. The maximum absolute atomic E-state index is 12.8. The van der Waals surface area contributed by atoms with Crippen molar-refractivity contribution in [2.45, 2.75) is 6.92 Å². The number of piperazine rings is 1. The Labute approximate surface area is 159 Å². The minimum absolute atomic E-state index is 0.0710. The highest BCUT2D eigenvalue weighted by Gasteiger charge is 2.22. The summed E-state index contributed by atoms with van der Waals surface area (Å²) in [4.78, 5) is 25.7. The van der Waals surface area contributed by atoms with Gasteiger partial charge < -0.3 is 24.6 Å². The van der Waals surface area contributed by atoms with Crippen molar-refractivity contribution in [3.63, 3.8) is 0 Å². The number of aromatic nitrogens is 2. The molecule has 27 heavy (non-hydrogen) atoms. The van der Waals surface area contributed by atoms with Crippen LogP contribution in [0.1, 0.15) is 16.2 Å². The van der Waals surface area contributed by atoms with Crippen LogP contribution in [-0.2, 0) is 0 Å². The zero-order valence-electron chi connectivity index (χ0n) is 16.2. The lowest BCUT2D eigenvalue weighted by atomic mass is 10.2. The van der Waals surface area contributed by atoms with Gasteiger partial charge in [0.1, 0.15) is 17.2 Å². The van der Waals surface area contributed by atoms with Crippen LogP contribution in [0.2, 0.25) is 0 Å². The maximum Gasteiger partial charge on any atom is 0.272 e. The van der Waals surface area contributed by atoms with E-state index in [1.807, 2.05) is 24.0 Å². The van der Waals surface area contributed by atoms with E-state index >= 15 is 0 Å². The predicted octanol–water partition coefficient (Wildman–Crippen LogP) is 1.93. The largest absolute Gasteiger partial charge is 0.497 e. The fraction of sp³-hybridized carbons (Fsp3) is 0.421. The highest BCUT2D eigenvalue weighted by Crippen LogP contribution is 2.30. The van der Waals surface area contributed by atoms with Crippen molar-refractivity contribution < 1.29 is 14.3 Å². The van der Waals surface area contributed by atoms with E-state index in [1.54, 1.807) is 26.4 Å². The molecule has 1 N–H and O–H groups in total. The molecular weight excluding hydrogens is 346 g/mol. The lowest BCUT2D eigenvalue weighted by Crippen LogP contribution is -2.47. The number of aryl methyl sites for hydroxylation is 1. The maximum atomic E-state index is 12.8. The van der Waals surface area contributed by atoms with Gasteiger partial charge in [0, 0.05) is 37.9 Å². The molecule has 1 aliphatic heterocycles. The number of carbonyl (C=O) groups excluding carboxylic acids is 1. The number of rotatable bonds is 5. The van der Waals surface area contributed by atoms with Crippen molar-refractivity contribution in [2.75, 3.05) is 52.8 Å². The summed E-state index contributed by atoms with van der Waals surface area (Å²) in [5.74, 6) is 1.58. The molecule has 0 bridgehead atoms. The van der Waals surface area contributed by atoms with E-state index in [9.17, 15) is 4.79 Å². The van der Waals surface area contributed by atoms with Crippen molar-refractivity contribution in [2.24, 2.45) is 0 Å². The van der Waals surface area contributed by atoms with Gasteiger partial charge in [-0.15, -0.1) is 0 Å². The molecule has 8 nitrogen and oxygen atoms in total. The highest BCUT2D eigenvalue weighted by molar-refractivity contribution is 5.92. The van der Waals surface area contributed by atoms with Gasteiger partial charge in [0.05, 0.1) is 19.9 Å². The van der Waals surface area contributed by atoms with Crippen LogP contribution in [0.15, 0.2) is 24.3 Å². The van der Waals surface area contributed by atoms with Gasteiger partial charge in [0.15, 0.2) is 0 Å². The smallest absolute Gasteiger partial charge is 0.272 e. The van der Waals surface area contributed by atoms with Gasteiger partial charge in [-0.2, -0.15) is 0 Å². The van der Waals surface area contributed by atoms with Crippen LogP contribution in [0.4, 0.5) is 11.6 Å². The van der Waals surface area contributed by atoms with E-state index in [1.165, 1.54) is 0 Å². The molecule has 1 aromatic heterocycles. The number of nitrogens with zero attached hydrogens (tertiary/aromatic N) is 4. The second-order valence-electron chi connectivity index (χ2n) is 6.50. The predicted molar refractivity (Wildman–Crippen MR) is 103 cm³/mol. The Morgan fingerprint density at radius 3 is 2.48 bits per heavy atom. The molecule has 2 heterocycles. The van der Waals surface area contributed by atoms with Crippen LogP contribution < -0.4 is 14.8 Å². The number of benzene rings is 1. The van der Waals surface area contributed by atoms with E-state index in [4.69, 9.17) is 9.47 Å². The lowest BCUT2D eigenvalue weighted by molar-refractivity contribution is 0.0658. The Hall–Kier alpha value is -2.87. The Balaban J connectivity index is 1.82. The monoisotopic (exact) mass is 371 g/mol. The summed E-state index contributed by atoms with van der Waals surface area (Å²) in [6.45, 7) is 4.98. The Morgan fingerprint density at radius 1 is 1.07 bits per heavy atom. The molecule has 0 aliphatic carbocycles. The summed E-state index contributed by atoms with van der Waals surface area (Å²) in [5.41, 5.74) is 1.81. The van der Waals surface area contributed by atoms with Crippen LogP contribution in [0.25, 0.3) is 0 Å². The number of hydrogen-bond acceptors (Lipinski definition) is 7. The Morgan fingerprint density at radius 2 is 1.81 bits per heavy atom. The van der Waals surface area contributed by atoms with Crippen LogP contribution >= 0.6 is 0 Å². The first-order valence-corrected chi connectivity index (χ1v) is 8.82. The van der Waals surface area contributed by atoms with Crippen LogP contribution in [0.5, 0.6) is 11.5 Å². The summed E-state index contributed by atoms with van der Waals surface area (Å²) in [6.07, 6.45) is 0. The first-order chi connectivity index (χ1) is 13.0. The average molecular weight is 371 g/mol. The molecule has 2 aromatic rings. The lowest BCUT2D eigenvalue weighted by Gasteiger charge is -2.32. The van der Waals surface area contributed by atoms with Gasteiger partial charge >= 0.3 is 0 Å². The molecule has 1 saturated heterocycles. The second kappa shape index (κ2) is 8.22. The summed E-state index contributed by atoms with van der Waals surface area (Å²) < 4.78 is 10.6. The minimum Gasteiger partial charge on any atom is -0.497 e. The number of ether oxygens (including phenoxy) is 2. The van der Waals surface area contributed by atoms with Crippen LogP contribution in [0.3, 0.4) is 0 Å². The second-order valence-corrected chi connectivity index (χ2v) is 6.50. The SMILES string of the molecule is COc1ccc(Nc2nc(C)cc(C(=O)N3CCN(C)CC3)n2)c(OC)c1. The summed E-state index contributed by atoms with van der Waals surface area (Å²) in [7, 11) is 5.24. The van der Waals surface area contributed by atoms with E-state index < -0.39 is 0 Å². The first-order valence-electron chi connectivity index (χ1n) is 8.82. The molecule has 8 heteroatoms. The van der Waals surface area contributed by atoms with Crippen molar-refractivity contribution in [1.29, 1.82) is 0 Å². The number of amides is 1. The Kier molecular flexibility index (Phi) is 5.75. The third-order valence-corrected chi connectivity index (χ3v) is 4.52. The number of hydrogen-bond donors (Lipinski definition) is 1. The fourth-order valence-electron chi connectivity index (χ4n) is 2.93. The molecule has 0 atom stereocenters. The summed E-state index contributed by atoms with van der Waals surface area (Å²) in [6, 6.07) is 7.13. The topological polar surface area (TPSA) is 79.8 Å². The van der Waals surface area contributed by atoms with Crippen molar-refractivity contribution in [1.82, 2.24) is 19.8 Å². The summed E-state index contributed by atoms with van der Waals surface area (Å²) >= 11 is 0. The van der Waals surface area contributed by atoms with E-state index in [0.717, 1.165) is 18.8 Å². The molecule has 0 spiro atoms. The third kappa shape index (κ3) is 4.46. The number of anilines is 2. The number of methoxy groups -OCH3 is 2. The molecule has 0 saturated carbocycles. The van der Waals surface area contributed by atoms with Crippen molar-refractivity contribution in [3.05, 3.63) is 35.7 Å². The number of nitrogens with one attached hydrogen (secondary N) is 1. The normalized spacial score (nSPS) is 14.7. The molecule has 144 valence electrons. The van der Waals surface area contributed by atoms with E-state index in [2.05, 4.69) is 27.2 Å². The van der Waals surface area contributed by atoms with Gasteiger partial charge in [-0.25, -0.2) is 9.97 Å².